The summed E-state index contributed by atoms with van der Waals surface area (Å²) in [6, 6.07) is 7.85. The molecule has 1 aromatic carbocycles. The molecule has 1 amide bonds. The molecule has 1 heterocycles. The van der Waals surface area contributed by atoms with Crippen LogP contribution in [-0.4, -0.2) is 40.0 Å². The van der Waals surface area contributed by atoms with Crippen molar-refractivity contribution in [1.82, 2.24) is 9.88 Å². The van der Waals surface area contributed by atoms with Gasteiger partial charge in [0.05, 0.1) is 0 Å². The van der Waals surface area contributed by atoms with E-state index in [1.807, 2.05) is 12.1 Å². The lowest BCUT2D eigenvalue weighted by atomic mass is 9.87. The zero-order valence-corrected chi connectivity index (χ0v) is 13.4. The first kappa shape index (κ1) is 16.1. The molecule has 1 aromatic heterocycles. The summed E-state index contributed by atoms with van der Waals surface area (Å²) in [7, 11) is 0. The molecule has 5 nitrogen and oxygen atoms in total. The Morgan fingerprint density at radius 2 is 1.91 bits per heavy atom. The summed E-state index contributed by atoms with van der Waals surface area (Å²) in [5, 5.41) is 9.82. The molecule has 118 valence electrons. The maximum atomic E-state index is 12.4. The van der Waals surface area contributed by atoms with Gasteiger partial charge in [0.25, 0.3) is 5.91 Å². The molecule has 0 unspecified atom stereocenters. The number of aromatic amines is 1. The van der Waals surface area contributed by atoms with E-state index in [9.17, 15) is 9.59 Å². The van der Waals surface area contributed by atoms with E-state index in [1.54, 1.807) is 13.0 Å². The van der Waals surface area contributed by atoms with Crippen molar-refractivity contribution in [3.05, 3.63) is 35.5 Å². The number of likely N-dealkylation sites (N-methyl/N-ethyl adjacent to an activating group) is 1. The van der Waals surface area contributed by atoms with Crippen LogP contribution in [0.25, 0.3) is 10.9 Å². The quantitative estimate of drug-likeness (QED) is 0.911. The number of fused-ring (bicyclic) bond motifs is 1. The highest BCUT2D eigenvalue weighted by atomic mass is 16.4. The van der Waals surface area contributed by atoms with E-state index in [-0.39, 0.29) is 17.9 Å². The van der Waals surface area contributed by atoms with Crippen LogP contribution >= 0.6 is 0 Å². The van der Waals surface area contributed by atoms with Gasteiger partial charge < -0.3 is 15.0 Å². The minimum Gasteiger partial charge on any atom is -0.480 e. The second-order valence-corrected chi connectivity index (χ2v) is 6.45. The first-order valence-electron chi connectivity index (χ1n) is 7.36. The second-order valence-electron chi connectivity index (χ2n) is 6.45. The largest absolute Gasteiger partial charge is 0.480 e. The molecule has 0 saturated carbocycles. The summed E-state index contributed by atoms with van der Waals surface area (Å²) in [6.07, 6.45) is 0. The van der Waals surface area contributed by atoms with Crippen molar-refractivity contribution in [2.24, 2.45) is 0 Å². The average molecular weight is 302 g/mol. The fourth-order valence-electron chi connectivity index (χ4n) is 2.37. The van der Waals surface area contributed by atoms with Crippen LogP contribution in [0.15, 0.2) is 24.3 Å². The molecule has 22 heavy (non-hydrogen) atoms. The highest BCUT2D eigenvalue weighted by molar-refractivity contribution is 5.99. The SMILES string of the molecule is CCN(CC(=O)O)C(=O)c1cc2ccc(C(C)(C)C)cc2[nH]1. The number of hydrogen-bond donors (Lipinski definition) is 2. The van der Waals surface area contributed by atoms with Crippen molar-refractivity contribution in [3.8, 4) is 0 Å². The van der Waals surface area contributed by atoms with E-state index in [4.69, 9.17) is 5.11 Å². The second kappa shape index (κ2) is 5.83. The number of amides is 1. The lowest BCUT2D eigenvalue weighted by molar-refractivity contribution is -0.137. The summed E-state index contributed by atoms with van der Waals surface area (Å²) >= 11 is 0. The van der Waals surface area contributed by atoms with Crippen LogP contribution in [-0.2, 0) is 10.2 Å². The van der Waals surface area contributed by atoms with E-state index in [1.165, 1.54) is 10.5 Å². The summed E-state index contributed by atoms with van der Waals surface area (Å²) in [5.74, 6) is -1.31. The van der Waals surface area contributed by atoms with Crippen LogP contribution in [0, 0.1) is 0 Å². The summed E-state index contributed by atoms with van der Waals surface area (Å²) in [5.41, 5.74) is 2.52. The predicted molar refractivity (Wildman–Crippen MR) is 86.2 cm³/mol. The fraction of sp³-hybridized carbons (Fsp3) is 0.412. The van der Waals surface area contributed by atoms with Crippen LogP contribution in [0.4, 0.5) is 0 Å². The third-order valence-electron chi connectivity index (χ3n) is 3.71. The Bertz CT molecular complexity index is 710. The Morgan fingerprint density at radius 1 is 1.23 bits per heavy atom. The fourth-order valence-corrected chi connectivity index (χ4v) is 2.37. The molecule has 2 aromatic rings. The van der Waals surface area contributed by atoms with Crippen LogP contribution in [0.3, 0.4) is 0 Å². The van der Waals surface area contributed by atoms with Gasteiger partial charge in [-0.1, -0.05) is 32.9 Å². The minimum absolute atomic E-state index is 0.0300. The van der Waals surface area contributed by atoms with Crippen LogP contribution in [0.1, 0.15) is 43.7 Å². The van der Waals surface area contributed by atoms with E-state index in [2.05, 4.69) is 31.8 Å². The molecule has 0 saturated heterocycles. The minimum atomic E-state index is -1.01. The molecule has 0 radical (unpaired) electrons. The Kier molecular flexibility index (Phi) is 4.26. The van der Waals surface area contributed by atoms with Gasteiger partial charge in [-0.25, -0.2) is 0 Å². The van der Waals surface area contributed by atoms with Gasteiger partial charge in [-0.15, -0.1) is 0 Å². The molecular weight excluding hydrogens is 280 g/mol. The smallest absolute Gasteiger partial charge is 0.323 e. The average Bonchev–Trinajstić information content (AvgIpc) is 2.85. The van der Waals surface area contributed by atoms with E-state index < -0.39 is 5.97 Å². The zero-order valence-electron chi connectivity index (χ0n) is 13.4. The van der Waals surface area contributed by atoms with E-state index >= 15 is 0 Å². The lowest BCUT2D eigenvalue weighted by Crippen LogP contribution is -2.35. The Morgan fingerprint density at radius 3 is 2.45 bits per heavy atom. The first-order valence-corrected chi connectivity index (χ1v) is 7.36. The number of aromatic nitrogens is 1. The van der Waals surface area contributed by atoms with Crippen molar-refractivity contribution in [1.29, 1.82) is 0 Å². The molecule has 0 bridgehead atoms. The molecule has 2 N–H and O–H groups in total. The van der Waals surface area contributed by atoms with Crippen molar-refractivity contribution >= 4 is 22.8 Å². The maximum absolute atomic E-state index is 12.4. The monoisotopic (exact) mass is 302 g/mol. The Labute approximate surface area is 129 Å². The number of carboxylic acid groups (broad SMARTS) is 1. The first-order chi connectivity index (χ1) is 10.2. The van der Waals surface area contributed by atoms with Gasteiger partial charge in [-0.2, -0.15) is 0 Å². The van der Waals surface area contributed by atoms with Gasteiger partial charge in [-0.3, -0.25) is 9.59 Å². The Balaban J connectivity index is 2.36. The summed E-state index contributed by atoms with van der Waals surface area (Å²) in [6.45, 7) is 8.23. The molecule has 2 rings (SSSR count). The topological polar surface area (TPSA) is 73.4 Å². The van der Waals surface area contributed by atoms with E-state index in [0.29, 0.717) is 12.2 Å². The molecule has 0 aliphatic rings. The molecule has 0 aliphatic heterocycles. The Hall–Kier alpha value is -2.30. The molecule has 0 atom stereocenters. The third-order valence-corrected chi connectivity index (χ3v) is 3.71. The van der Waals surface area contributed by atoms with Gasteiger partial charge >= 0.3 is 5.97 Å². The van der Waals surface area contributed by atoms with Gasteiger partial charge in [0.15, 0.2) is 0 Å². The number of H-pyrrole nitrogens is 1. The van der Waals surface area contributed by atoms with Crippen molar-refractivity contribution in [3.63, 3.8) is 0 Å². The molecule has 0 fully saturated rings. The van der Waals surface area contributed by atoms with Crippen LogP contribution in [0.5, 0.6) is 0 Å². The number of carbonyl (C=O) groups is 2. The van der Waals surface area contributed by atoms with Crippen molar-refractivity contribution < 1.29 is 14.7 Å². The molecular formula is C17H22N2O3. The summed E-state index contributed by atoms with van der Waals surface area (Å²) < 4.78 is 0. The lowest BCUT2D eigenvalue weighted by Gasteiger charge is -2.18. The third kappa shape index (κ3) is 3.30. The van der Waals surface area contributed by atoms with E-state index in [0.717, 1.165) is 10.9 Å². The highest BCUT2D eigenvalue weighted by Crippen LogP contribution is 2.26. The summed E-state index contributed by atoms with van der Waals surface area (Å²) in [4.78, 5) is 27.6. The molecule has 0 aliphatic carbocycles. The number of nitrogens with one attached hydrogen (secondary N) is 1. The number of aliphatic carboxylic acids is 1. The number of nitrogens with zero attached hydrogens (tertiary/aromatic N) is 1. The van der Waals surface area contributed by atoms with Crippen LogP contribution < -0.4 is 0 Å². The number of hydrogen-bond acceptors (Lipinski definition) is 2. The van der Waals surface area contributed by atoms with Gasteiger partial charge in [-0.05, 0) is 30.0 Å². The van der Waals surface area contributed by atoms with Gasteiger partial charge in [0.1, 0.15) is 12.2 Å². The normalized spacial score (nSPS) is 11.6. The maximum Gasteiger partial charge on any atom is 0.323 e. The number of rotatable bonds is 4. The number of carboxylic acids is 1. The van der Waals surface area contributed by atoms with Gasteiger partial charge in [0.2, 0.25) is 0 Å². The number of carbonyl (C=O) groups excluding carboxylic acids is 1. The highest BCUT2D eigenvalue weighted by Gasteiger charge is 2.20. The van der Waals surface area contributed by atoms with Crippen LogP contribution in [0.2, 0.25) is 0 Å². The standard InChI is InChI=1S/C17H22N2O3/c1-5-19(10-15(20)21)16(22)14-8-11-6-7-12(17(2,3)4)9-13(11)18-14/h6-9,18H,5,10H2,1-4H3,(H,20,21). The van der Waals surface area contributed by atoms with Gasteiger partial charge in [0, 0.05) is 17.4 Å². The molecule has 0 spiro atoms. The predicted octanol–water partition coefficient (Wildman–Crippen LogP) is 3.01. The molecule has 5 heteroatoms. The zero-order chi connectivity index (χ0) is 16.5. The number of benzene rings is 1. The van der Waals surface area contributed by atoms with Crippen molar-refractivity contribution in [2.45, 2.75) is 33.1 Å². The van der Waals surface area contributed by atoms with Crippen molar-refractivity contribution in [2.75, 3.05) is 13.1 Å².